The molecule has 0 spiro atoms. The van der Waals surface area contributed by atoms with Gasteiger partial charge >= 0.3 is 12.4 Å². The molecule has 206 valence electrons. The minimum atomic E-state index is -4.74. The first-order valence-corrected chi connectivity index (χ1v) is 11.7. The van der Waals surface area contributed by atoms with Gasteiger partial charge in [0.05, 0.1) is 23.8 Å². The fourth-order valence-electron chi connectivity index (χ4n) is 3.98. The predicted octanol–water partition coefficient (Wildman–Crippen LogP) is 5.47. The molecule has 2 aromatic rings. The molecule has 0 aromatic heterocycles. The molecule has 3 rings (SSSR count). The van der Waals surface area contributed by atoms with E-state index in [-0.39, 0.29) is 30.0 Å². The van der Waals surface area contributed by atoms with Gasteiger partial charge in [0.15, 0.2) is 11.8 Å². The van der Waals surface area contributed by atoms with Gasteiger partial charge in [0.1, 0.15) is 12.9 Å². The van der Waals surface area contributed by atoms with Crippen molar-refractivity contribution in [2.45, 2.75) is 44.1 Å². The number of nitrogens with zero attached hydrogens (tertiary/aromatic N) is 3. The van der Waals surface area contributed by atoms with Crippen LogP contribution in [-0.4, -0.2) is 49.2 Å². The van der Waals surface area contributed by atoms with Crippen molar-refractivity contribution in [2.24, 2.45) is 15.9 Å². The minimum Gasteiger partial charge on any atom is -0.493 e. The van der Waals surface area contributed by atoms with Crippen LogP contribution in [0.25, 0.3) is 0 Å². The van der Waals surface area contributed by atoms with Gasteiger partial charge in [0, 0.05) is 18.3 Å². The maximum absolute atomic E-state index is 13.8. The number of nitrogens with two attached hydrogens (primary N) is 1. The van der Waals surface area contributed by atoms with E-state index >= 15 is 0 Å². The standard InChI is InChI=1S/C25H27F6N5O2/c1-37-35-22(34-15-19-5-2-12-36(19)23(32)33)17-8-11-21(20(14-17)25(29,30)31)38-13-3-4-16-6-9-18(10-7-16)24(26,27)28/h6-11,14-15,19H,2-5,12-13H2,1H3,(H3,32,33)/b34-15+,35-22-/t19-/m0/s1. The lowest BCUT2D eigenvalue weighted by atomic mass is 10.1. The van der Waals surface area contributed by atoms with Gasteiger partial charge in [-0.3, -0.25) is 5.41 Å². The number of alkyl halides is 6. The van der Waals surface area contributed by atoms with Crippen molar-refractivity contribution >= 4 is 18.0 Å². The van der Waals surface area contributed by atoms with Crippen LogP contribution < -0.4 is 10.5 Å². The van der Waals surface area contributed by atoms with Gasteiger partial charge < -0.3 is 20.2 Å². The molecule has 1 aliphatic rings. The van der Waals surface area contributed by atoms with Crippen molar-refractivity contribution in [2.75, 3.05) is 20.3 Å². The van der Waals surface area contributed by atoms with Gasteiger partial charge in [-0.05, 0) is 61.6 Å². The Morgan fingerprint density at radius 1 is 1.11 bits per heavy atom. The number of aliphatic imine (C=N–C) groups is 1. The Hall–Kier alpha value is -3.77. The van der Waals surface area contributed by atoms with E-state index in [1.807, 2.05) is 0 Å². The lowest BCUT2D eigenvalue weighted by Crippen LogP contribution is -2.40. The number of guanidine groups is 1. The topological polar surface area (TPSA) is 96.3 Å². The highest BCUT2D eigenvalue weighted by Crippen LogP contribution is 2.37. The average molecular weight is 544 g/mol. The maximum Gasteiger partial charge on any atom is 0.419 e. The molecule has 1 fully saturated rings. The van der Waals surface area contributed by atoms with E-state index in [1.165, 1.54) is 31.5 Å². The second-order valence-corrected chi connectivity index (χ2v) is 8.52. The first-order chi connectivity index (χ1) is 17.9. The SMILES string of the molecule is CO/N=C(\N=C\[C@@H]1CCCN1C(=N)N)c1ccc(OCCCc2ccc(C(F)(F)F)cc2)c(C(F)(F)F)c1. The second kappa shape index (κ2) is 12.2. The van der Waals surface area contributed by atoms with E-state index in [0.29, 0.717) is 31.4 Å². The third kappa shape index (κ3) is 7.62. The molecule has 7 nitrogen and oxygen atoms in total. The van der Waals surface area contributed by atoms with E-state index in [4.69, 9.17) is 20.7 Å². The van der Waals surface area contributed by atoms with Gasteiger partial charge in [-0.25, -0.2) is 4.99 Å². The highest BCUT2D eigenvalue weighted by molar-refractivity contribution is 6.03. The van der Waals surface area contributed by atoms with Crippen LogP contribution in [0, 0.1) is 5.41 Å². The number of likely N-dealkylation sites (tertiary alicyclic amines) is 1. The number of halogens is 6. The van der Waals surface area contributed by atoms with Crippen LogP contribution in [0.3, 0.4) is 0 Å². The first kappa shape index (κ1) is 28.8. The van der Waals surface area contributed by atoms with Gasteiger partial charge in [0.2, 0.25) is 0 Å². The zero-order valence-electron chi connectivity index (χ0n) is 20.4. The van der Waals surface area contributed by atoms with Crippen LogP contribution in [0.4, 0.5) is 26.3 Å². The summed E-state index contributed by atoms with van der Waals surface area (Å²) in [6.45, 7) is 0.495. The van der Waals surface area contributed by atoms with Gasteiger partial charge in [-0.15, -0.1) is 0 Å². The number of amidine groups is 1. The fraction of sp³-hybridized carbons (Fsp3) is 0.400. The molecule has 2 aromatic carbocycles. The molecule has 1 aliphatic heterocycles. The summed E-state index contributed by atoms with van der Waals surface area (Å²) >= 11 is 0. The summed E-state index contributed by atoms with van der Waals surface area (Å²) in [5.41, 5.74) is 4.41. The lowest BCUT2D eigenvalue weighted by molar-refractivity contribution is -0.139. The Balaban J connectivity index is 1.70. The number of nitrogens with one attached hydrogen (secondary N) is 1. The molecular weight excluding hydrogens is 516 g/mol. The smallest absolute Gasteiger partial charge is 0.419 e. The zero-order valence-corrected chi connectivity index (χ0v) is 20.4. The number of rotatable bonds is 8. The molecule has 1 heterocycles. The molecule has 0 bridgehead atoms. The Morgan fingerprint density at radius 2 is 1.82 bits per heavy atom. The average Bonchev–Trinajstić information content (AvgIpc) is 3.33. The number of aryl methyl sites for hydroxylation is 1. The molecule has 0 saturated carbocycles. The maximum atomic E-state index is 13.8. The molecule has 1 saturated heterocycles. The van der Waals surface area contributed by atoms with Crippen LogP contribution in [0.2, 0.25) is 0 Å². The molecule has 38 heavy (non-hydrogen) atoms. The first-order valence-electron chi connectivity index (χ1n) is 11.7. The largest absolute Gasteiger partial charge is 0.493 e. The third-order valence-electron chi connectivity index (χ3n) is 5.85. The summed E-state index contributed by atoms with van der Waals surface area (Å²) in [4.78, 5) is 10.6. The van der Waals surface area contributed by atoms with Crippen molar-refractivity contribution < 1.29 is 35.9 Å². The van der Waals surface area contributed by atoms with Crippen LogP contribution >= 0.6 is 0 Å². The van der Waals surface area contributed by atoms with E-state index in [2.05, 4.69) is 10.1 Å². The zero-order chi connectivity index (χ0) is 27.9. The molecule has 13 heteroatoms. The van der Waals surface area contributed by atoms with Crippen molar-refractivity contribution in [3.05, 3.63) is 64.7 Å². The quantitative estimate of drug-likeness (QED) is 0.152. The van der Waals surface area contributed by atoms with Crippen LogP contribution in [0.15, 0.2) is 52.6 Å². The van der Waals surface area contributed by atoms with E-state index in [9.17, 15) is 26.3 Å². The number of hydrogen-bond donors (Lipinski definition) is 2. The summed E-state index contributed by atoms with van der Waals surface area (Å²) < 4.78 is 84.9. The summed E-state index contributed by atoms with van der Waals surface area (Å²) in [5.74, 6) is -0.612. The highest BCUT2D eigenvalue weighted by atomic mass is 19.4. The van der Waals surface area contributed by atoms with Gasteiger partial charge in [-0.1, -0.05) is 17.3 Å². The molecule has 1 atom stereocenters. The Morgan fingerprint density at radius 3 is 2.42 bits per heavy atom. The Labute approximate surface area is 215 Å². The summed E-state index contributed by atoms with van der Waals surface area (Å²) in [6.07, 6.45) is -5.61. The van der Waals surface area contributed by atoms with E-state index < -0.39 is 29.2 Å². The van der Waals surface area contributed by atoms with Crippen molar-refractivity contribution in [3.8, 4) is 5.75 Å². The number of oxime groups is 1. The van der Waals surface area contributed by atoms with Gasteiger partial charge in [0.25, 0.3) is 0 Å². The third-order valence-corrected chi connectivity index (χ3v) is 5.85. The minimum absolute atomic E-state index is 0.0416. The fourth-order valence-corrected chi connectivity index (χ4v) is 3.98. The Bertz CT molecular complexity index is 1160. The number of hydrogen-bond acceptors (Lipinski definition) is 4. The Kier molecular flexibility index (Phi) is 9.23. The number of benzene rings is 2. The molecular formula is C25H27F6N5O2. The van der Waals surface area contributed by atoms with Crippen molar-refractivity contribution in [1.29, 1.82) is 5.41 Å². The van der Waals surface area contributed by atoms with Gasteiger partial charge in [-0.2, -0.15) is 26.3 Å². The molecule has 0 amide bonds. The predicted molar refractivity (Wildman–Crippen MR) is 130 cm³/mol. The molecule has 0 unspecified atom stereocenters. The molecule has 0 radical (unpaired) electrons. The normalized spacial score (nSPS) is 16.8. The number of ether oxygens (including phenoxy) is 1. The monoisotopic (exact) mass is 543 g/mol. The van der Waals surface area contributed by atoms with E-state index in [1.54, 1.807) is 4.90 Å². The molecule has 3 N–H and O–H groups in total. The summed E-state index contributed by atoms with van der Waals surface area (Å²) in [6, 6.07) is 7.68. The van der Waals surface area contributed by atoms with Crippen molar-refractivity contribution in [3.63, 3.8) is 0 Å². The summed E-state index contributed by atoms with van der Waals surface area (Å²) in [7, 11) is 1.24. The lowest BCUT2D eigenvalue weighted by Gasteiger charge is -2.21. The van der Waals surface area contributed by atoms with Crippen LogP contribution in [0.1, 0.15) is 41.5 Å². The second-order valence-electron chi connectivity index (χ2n) is 8.52. The van der Waals surface area contributed by atoms with Crippen LogP contribution in [-0.2, 0) is 23.6 Å². The molecule has 0 aliphatic carbocycles. The van der Waals surface area contributed by atoms with Crippen LogP contribution in [0.5, 0.6) is 5.75 Å². The summed E-state index contributed by atoms with van der Waals surface area (Å²) in [5, 5.41) is 11.4. The van der Waals surface area contributed by atoms with E-state index in [0.717, 1.165) is 30.7 Å². The highest BCUT2D eigenvalue weighted by Gasteiger charge is 2.35. The van der Waals surface area contributed by atoms with Crippen molar-refractivity contribution in [1.82, 2.24) is 4.90 Å².